The SMILES string of the molecule is CC[C@@H](N)c1cn(C)c2cc(C)ccc12. The first-order chi connectivity index (χ1) is 7.13. The number of rotatable bonds is 2. The molecule has 0 fully saturated rings. The molecule has 80 valence electrons. The van der Waals surface area contributed by atoms with Gasteiger partial charge in [0.15, 0.2) is 0 Å². The summed E-state index contributed by atoms with van der Waals surface area (Å²) in [5, 5.41) is 1.29. The second kappa shape index (κ2) is 3.70. The zero-order valence-electron chi connectivity index (χ0n) is 9.62. The predicted octanol–water partition coefficient (Wildman–Crippen LogP) is 2.90. The number of hydrogen-bond acceptors (Lipinski definition) is 1. The van der Waals surface area contributed by atoms with Gasteiger partial charge in [0.05, 0.1) is 0 Å². The Morgan fingerprint density at radius 3 is 2.80 bits per heavy atom. The van der Waals surface area contributed by atoms with Gasteiger partial charge in [-0.2, -0.15) is 0 Å². The van der Waals surface area contributed by atoms with Crippen LogP contribution in [0.5, 0.6) is 0 Å². The number of nitrogens with two attached hydrogens (primary N) is 1. The topological polar surface area (TPSA) is 30.9 Å². The normalized spacial score (nSPS) is 13.3. The van der Waals surface area contributed by atoms with Crippen LogP contribution in [0.2, 0.25) is 0 Å². The Hall–Kier alpha value is -1.28. The molecule has 2 rings (SSSR count). The highest BCUT2D eigenvalue weighted by Crippen LogP contribution is 2.26. The smallest absolute Gasteiger partial charge is 0.0483 e. The lowest BCUT2D eigenvalue weighted by Crippen LogP contribution is -2.07. The standard InChI is InChI=1S/C13H18N2/c1-4-12(14)11-8-15(3)13-7-9(2)5-6-10(11)13/h5-8,12H,4,14H2,1-3H3/t12-/m1/s1. The van der Waals surface area contributed by atoms with Gasteiger partial charge in [0.1, 0.15) is 0 Å². The van der Waals surface area contributed by atoms with Gasteiger partial charge in [0, 0.05) is 30.2 Å². The third-order valence-electron chi connectivity index (χ3n) is 3.02. The second-order valence-corrected chi connectivity index (χ2v) is 4.23. The zero-order chi connectivity index (χ0) is 11.0. The number of benzene rings is 1. The van der Waals surface area contributed by atoms with Crippen molar-refractivity contribution >= 4 is 10.9 Å². The van der Waals surface area contributed by atoms with Crippen LogP contribution in [-0.2, 0) is 7.05 Å². The third-order valence-corrected chi connectivity index (χ3v) is 3.02. The first-order valence-electron chi connectivity index (χ1n) is 5.44. The molecule has 0 saturated carbocycles. The molecule has 0 unspecified atom stereocenters. The predicted molar refractivity (Wildman–Crippen MR) is 64.9 cm³/mol. The Kier molecular flexibility index (Phi) is 2.53. The fraction of sp³-hybridized carbons (Fsp3) is 0.385. The Bertz CT molecular complexity index is 482. The van der Waals surface area contributed by atoms with Crippen molar-refractivity contribution in [1.82, 2.24) is 4.57 Å². The Labute approximate surface area is 90.7 Å². The van der Waals surface area contributed by atoms with Crippen LogP contribution in [0, 0.1) is 6.92 Å². The van der Waals surface area contributed by atoms with Gasteiger partial charge in [0.2, 0.25) is 0 Å². The summed E-state index contributed by atoms with van der Waals surface area (Å²) in [6, 6.07) is 6.68. The maximum Gasteiger partial charge on any atom is 0.0483 e. The first kappa shape index (κ1) is 10.2. The summed E-state index contributed by atoms with van der Waals surface area (Å²) in [5.74, 6) is 0. The van der Waals surface area contributed by atoms with Gasteiger partial charge in [0.25, 0.3) is 0 Å². The minimum absolute atomic E-state index is 0.149. The van der Waals surface area contributed by atoms with Crippen LogP contribution in [0.4, 0.5) is 0 Å². The molecule has 1 aromatic heterocycles. The van der Waals surface area contributed by atoms with E-state index in [-0.39, 0.29) is 6.04 Å². The molecular formula is C13H18N2. The van der Waals surface area contributed by atoms with Crippen LogP contribution in [0.25, 0.3) is 10.9 Å². The van der Waals surface area contributed by atoms with Gasteiger partial charge < -0.3 is 10.3 Å². The third kappa shape index (κ3) is 1.65. The van der Waals surface area contributed by atoms with Gasteiger partial charge >= 0.3 is 0 Å². The zero-order valence-corrected chi connectivity index (χ0v) is 9.62. The van der Waals surface area contributed by atoms with Crippen LogP contribution in [0.3, 0.4) is 0 Å². The van der Waals surface area contributed by atoms with Gasteiger partial charge in [-0.25, -0.2) is 0 Å². The van der Waals surface area contributed by atoms with Crippen LogP contribution in [0.1, 0.15) is 30.5 Å². The van der Waals surface area contributed by atoms with E-state index in [2.05, 4.69) is 49.9 Å². The summed E-state index contributed by atoms with van der Waals surface area (Å²) in [4.78, 5) is 0. The number of aryl methyl sites for hydroxylation is 2. The molecular weight excluding hydrogens is 184 g/mol. The Morgan fingerprint density at radius 2 is 2.13 bits per heavy atom. The Balaban J connectivity index is 2.68. The number of nitrogens with zero attached hydrogens (tertiary/aromatic N) is 1. The highest BCUT2D eigenvalue weighted by atomic mass is 14.9. The van der Waals surface area contributed by atoms with E-state index >= 15 is 0 Å². The molecule has 0 aliphatic carbocycles. The van der Waals surface area contributed by atoms with E-state index in [9.17, 15) is 0 Å². The molecule has 0 saturated heterocycles. The number of aromatic nitrogens is 1. The maximum atomic E-state index is 6.10. The largest absolute Gasteiger partial charge is 0.350 e. The molecule has 2 N–H and O–H groups in total. The van der Waals surface area contributed by atoms with E-state index in [1.54, 1.807) is 0 Å². The van der Waals surface area contributed by atoms with Gasteiger partial charge in [-0.1, -0.05) is 19.1 Å². The summed E-state index contributed by atoms with van der Waals surface area (Å²) in [6.45, 7) is 4.24. The quantitative estimate of drug-likeness (QED) is 0.797. The van der Waals surface area contributed by atoms with Gasteiger partial charge in [-0.05, 0) is 30.5 Å². The van der Waals surface area contributed by atoms with E-state index in [0.29, 0.717) is 0 Å². The van der Waals surface area contributed by atoms with Crippen molar-refractivity contribution in [2.75, 3.05) is 0 Å². The average Bonchev–Trinajstić information content (AvgIpc) is 2.55. The molecule has 1 heterocycles. The van der Waals surface area contributed by atoms with Crippen LogP contribution in [-0.4, -0.2) is 4.57 Å². The van der Waals surface area contributed by atoms with E-state index in [0.717, 1.165) is 6.42 Å². The fourth-order valence-corrected chi connectivity index (χ4v) is 2.04. The van der Waals surface area contributed by atoms with Crippen LogP contribution >= 0.6 is 0 Å². The minimum Gasteiger partial charge on any atom is -0.350 e. The monoisotopic (exact) mass is 202 g/mol. The summed E-state index contributed by atoms with van der Waals surface area (Å²) >= 11 is 0. The number of hydrogen-bond donors (Lipinski definition) is 1. The number of fused-ring (bicyclic) bond motifs is 1. The molecule has 1 atom stereocenters. The molecule has 1 aromatic carbocycles. The summed E-state index contributed by atoms with van der Waals surface area (Å²) in [6.07, 6.45) is 3.13. The maximum absolute atomic E-state index is 6.10. The van der Waals surface area contributed by atoms with E-state index in [1.807, 2.05) is 0 Å². The fourth-order valence-electron chi connectivity index (χ4n) is 2.04. The lowest BCUT2D eigenvalue weighted by molar-refractivity contribution is 0.700. The molecule has 0 bridgehead atoms. The van der Waals surface area contributed by atoms with Crippen molar-refractivity contribution in [2.24, 2.45) is 12.8 Å². The first-order valence-corrected chi connectivity index (χ1v) is 5.44. The molecule has 2 aromatic rings. The summed E-state index contributed by atoms with van der Waals surface area (Å²) < 4.78 is 2.16. The van der Waals surface area contributed by atoms with Crippen molar-refractivity contribution < 1.29 is 0 Å². The molecule has 0 aliphatic heterocycles. The molecule has 0 aliphatic rings. The molecule has 2 heteroatoms. The molecule has 0 radical (unpaired) electrons. The van der Waals surface area contributed by atoms with E-state index in [1.165, 1.54) is 22.0 Å². The molecule has 0 spiro atoms. The molecule has 0 amide bonds. The second-order valence-electron chi connectivity index (χ2n) is 4.23. The average molecular weight is 202 g/mol. The van der Waals surface area contributed by atoms with E-state index < -0.39 is 0 Å². The molecule has 15 heavy (non-hydrogen) atoms. The summed E-state index contributed by atoms with van der Waals surface area (Å²) in [5.41, 5.74) is 9.92. The highest BCUT2D eigenvalue weighted by molar-refractivity contribution is 5.85. The van der Waals surface area contributed by atoms with Crippen LogP contribution in [0.15, 0.2) is 24.4 Å². The Morgan fingerprint density at radius 1 is 1.40 bits per heavy atom. The van der Waals surface area contributed by atoms with Crippen molar-refractivity contribution in [2.45, 2.75) is 26.3 Å². The van der Waals surface area contributed by atoms with E-state index in [4.69, 9.17) is 5.73 Å². The van der Waals surface area contributed by atoms with Crippen LogP contribution < -0.4 is 5.73 Å². The highest BCUT2D eigenvalue weighted by Gasteiger charge is 2.11. The molecule has 2 nitrogen and oxygen atoms in total. The lowest BCUT2D eigenvalue weighted by Gasteiger charge is -2.06. The van der Waals surface area contributed by atoms with Crippen molar-refractivity contribution in [3.63, 3.8) is 0 Å². The van der Waals surface area contributed by atoms with Crippen molar-refractivity contribution in [3.8, 4) is 0 Å². The van der Waals surface area contributed by atoms with Crippen molar-refractivity contribution in [3.05, 3.63) is 35.5 Å². The summed E-state index contributed by atoms with van der Waals surface area (Å²) in [7, 11) is 2.08. The lowest BCUT2D eigenvalue weighted by atomic mass is 10.0. The van der Waals surface area contributed by atoms with Gasteiger partial charge in [-0.3, -0.25) is 0 Å². The van der Waals surface area contributed by atoms with Crippen molar-refractivity contribution in [1.29, 1.82) is 0 Å². The van der Waals surface area contributed by atoms with Gasteiger partial charge in [-0.15, -0.1) is 0 Å². The minimum atomic E-state index is 0.149.